The second kappa shape index (κ2) is 6.93. The zero-order chi connectivity index (χ0) is 15.5. The minimum Gasteiger partial charge on any atom is -0.495 e. The van der Waals surface area contributed by atoms with Crippen molar-refractivity contribution in [2.45, 2.75) is 30.4 Å². The predicted molar refractivity (Wildman–Crippen MR) is 78.1 cm³/mol. The highest BCUT2D eigenvalue weighted by Gasteiger charge is 2.26. The van der Waals surface area contributed by atoms with E-state index in [2.05, 4.69) is 4.72 Å². The molecule has 0 spiro atoms. The van der Waals surface area contributed by atoms with Crippen LogP contribution in [0.4, 0.5) is 0 Å². The number of hydrogen-bond donors (Lipinski definition) is 2. The van der Waals surface area contributed by atoms with Crippen molar-refractivity contribution in [1.82, 2.24) is 4.72 Å². The van der Waals surface area contributed by atoms with Crippen LogP contribution in [0.3, 0.4) is 0 Å². The molecule has 1 aliphatic heterocycles. The third-order valence-corrected chi connectivity index (χ3v) is 5.05. The summed E-state index contributed by atoms with van der Waals surface area (Å²) in [4.78, 5) is -0.0620. The maximum absolute atomic E-state index is 12.5. The number of aliphatic hydroxyl groups is 1. The van der Waals surface area contributed by atoms with Crippen LogP contribution in [0.15, 0.2) is 17.0 Å². The van der Waals surface area contributed by atoms with Crippen molar-refractivity contribution in [3.05, 3.63) is 22.7 Å². The van der Waals surface area contributed by atoms with Crippen molar-refractivity contribution in [2.24, 2.45) is 0 Å². The van der Waals surface area contributed by atoms with Gasteiger partial charge in [0.25, 0.3) is 0 Å². The van der Waals surface area contributed by atoms with Gasteiger partial charge in [-0.05, 0) is 25.0 Å². The Labute approximate surface area is 129 Å². The average Bonchev–Trinajstić information content (AvgIpc) is 2.46. The fourth-order valence-corrected chi connectivity index (χ4v) is 4.12. The topological polar surface area (TPSA) is 84.9 Å². The molecule has 118 valence electrons. The Bertz CT molecular complexity index is 599. The van der Waals surface area contributed by atoms with E-state index in [1.165, 1.54) is 19.2 Å². The van der Waals surface area contributed by atoms with E-state index in [0.717, 1.165) is 0 Å². The average molecular weight is 336 g/mol. The van der Waals surface area contributed by atoms with Gasteiger partial charge in [-0.1, -0.05) is 11.6 Å². The number of hydrogen-bond acceptors (Lipinski definition) is 5. The lowest BCUT2D eigenvalue weighted by Gasteiger charge is -2.23. The lowest BCUT2D eigenvalue weighted by atomic mass is 10.1. The summed E-state index contributed by atoms with van der Waals surface area (Å²) in [5, 5.41) is 9.54. The first kappa shape index (κ1) is 16.5. The summed E-state index contributed by atoms with van der Waals surface area (Å²) in [5.74, 6) is 0.112. The summed E-state index contributed by atoms with van der Waals surface area (Å²) in [7, 11) is -2.43. The van der Waals surface area contributed by atoms with Gasteiger partial charge in [0.05, 0.1) is 13.7 Å². The lowest BCUT2D eigenvalue weighted by Crippen LogP contribution is -2.39. The number of rotatable bonds is 5. The van der Waals surface area contributed by atoms with Gasteiger partial charge in [-0.15, -0.1) is 0 Å². The minimum absolute atomic E-state index is 0.0620. The molecule has 6 nitrogen and oxygen atoms in total. The van der Waals surface area contributed by atoms with E-state index in [4.69, 9.17) is 21.1 Å². The summed E-state index contributed by atoms with van der Waals surface area (Å²) in [6, 6.07) is 2.62. The lowest BCUT2D eigenvalue weighted by molar-refractivity contribution is 0.0832. The van der Waals surface area contributed by atoms with Crippen LogP contribution >= 0.6 is 11.6 Å². The molecule has 0 amide bonds. The molecule has 8 heteroatoms. The zero-order valence-corrected chi connectivity index (χ0v) is 13.2. The Hall–Kier alpha value is -0.860. The number of methoxy groups -OCH3 is 1. The van der Waals surface area contributed by atoms with E-state index in [0.29, 0.717) is 31.6 Å². The number of benzene rings is 1. The number of ether oxygens (including phenoxy) is 2. The predicted octanol–water partition coefficient (Wildman–Crippen LogP) is 1.30. The third kappa shape index (κ3) is 3.87. The van der Waals surface area contributed by atoms with Crippen LogP contribution in [0.25, 0.3) is 0 Å². The molecule has 2 rings (SSSR count). The summed E-state index contributed by atoms with van der Waals surface area (Å²) in [6.07, 6.45) is 1.24. The van der Waals surface area contributed by atoms with E-state index in [-0.39, 0.29) is 28.3 Å². The highest BCUT2D eigenvalue weighted by molar-refractivity contribution is 7.89. The molecule has 0 aliphatic carbocycles. The molecular formula is C13H18ClNO5S. The van der Waals surface area contributed by atoms with E-state index in [1.807, 2.05) is 0 Å². The largest absolute Gasteiger partial charge is 0.495 e. The summed E-state index contributed by atoms with van der Waals surface area (Å²) in [6.45, 7) is 0.701. The quantitative estimate of drug-likeness (QED) is 0.847. The number of nitrogens with one attached hydrogen (secondary N) is 1. The van der Waals surface area contributed by atoms with Crippen molar-refractivity contribution < 1.29 is 23.0 Å². The number of aliphatic hydroxyl groups excluding tert-OH is 1. The van der Waals surface area contributed by atoms with E-state index in [1.54, 1.807) is 0 Å². The molecule has 1 aromatic carbocycles. The molecule has 0 atom stereocenters. The standard InChI is InChI=1S/C13H18ClNO5S/c1-19-13-9(8-16)6-10(14)7-12(13)21(17,18)15-11-2-4-20-5-3-11/h6-7,11,15-16H,2-5,8H2,1H3. The summed E-state index contributed by atoms with van der Waals surface area (Å²) >= 11 is 5.93. The summed E-state index contributed by atoms with van der Waals surface area (Å²) < 4.78 is 38.0. The molecule has 2 N–H and O–H groups in total. The third-order valence-electron chi connectivity index (χ3n) is 3.30. The van der Waals surface area contributed by atoms with Crippen molar-refractivity contribution in [3.8, 4) is 5.75 Å². The molecule has 1 aliphatic rings. The Morgan fingerprint density at radius 2 is 2.10 bits per heavy atom. The monoisotopic (exact) mass is 335 g/mol. The van der Waals surface area contributed by atoms with Crippen LogP contribution in [0.1, 0.15) is 18.4 Å². The van der Waals surface area contributed by atoms with E-state index in [9.17, 15) is 13.5 Å². The van der Waals surface area contributed by atoms with Gasteiger partial charge in [0.15, 0.2) is 0 Å². The molecule has 0 aromatic heterocycles. The van der Waals surface area contributed by atoms with E-state index < -0.39 is 10.0 Å². The molecule has 1 fully saturated rings. The Morgan fingerprint density at radius 1 is 1.43 bits per heavy atom. The molecule has 1 heterocycles. The first-order valence-corrected chi connectivity index (χ1v) is 8.41. The SMILES string of the molecule is COc1c(CO)cc(Cl)cc1S(=O)(=O)NC1CCOCC1. The van der Waals surface area contributed by atoms with Gasteiger partial charge >= 0.3 is 0 Å². The smallest absolute Gasteiger partial charge is 0.244 e. The fourth-order valence-electron chi connectivity index (χ4n) is 2.27. The molecule has 1 saturated heterocycles. The first-order chi connectivity index (χ1) is 9.97. The molecule has 0 saturated carbocycles. The van der Waals surface area contributed by atoms with E-state index >= 15 is 0 Å². The normalized spacial score (nSPS) is 16.9. The van der Waals surface area contributed by atoms with Crippen LogP contribution in [0.5, 0.6) is 5.75 Å². The van der Waals surface area contributed by atoms with Gasteiger partial charge in [0, 0.05) is 29.8 Å². The van der Waals surface area contributed by atoms with Crippen molar-refractivity contribution >= 4 is 21.6 Å². The van der Waals surface area contributed by atoms with Gasteiger partial charge in [-0.25, -0.2) is 13.1 Å². The Morgan fingerprint density at radius 3 is 2.67 bits per heavy atom. The minimum atomic E-state index is -3.78. The highest BCUT2D eigenvalue weighted by Crippen LogP contribution is 2.32. The van der Waals surface area contributed by atoms with Gasteiger partial charge < -0.3 is 14.6 Å². The molecular weight excluding hydrogens is 318 g/mol. The maximum atomic E-state index is 12.5. The van der Waals surface area contributed by atoms with Crippen LogP contribution < -0.4 is 9.46 Å². The van der Waals surface area contributed by atoms with Gasteiger partial charge in [0.1, 0.15) is 10.6 Å². The number of sulfonamides is 1. The maximum Gasteiger partial charge on any atom is 0.244 e. The van der Waals surface area contributed by atoms with Crippen molar-refractivity contribution in [2.75, 3.05) is 20.3 Å². The fraction of sp³-hybridized carbons (Fsp3) is 0.538. The van der Waals surface area contributed by atoms with Gasteiger partial charge in [-0.3, -0.25) is 0 Å². The Kier molecular flexibility index (Phi) is 5.45. The van der Waals surface area contributed by atoms with Crippen LogP contribution in [-0.2, 0) is 21.4 Å². The molecule has 0 radical (unpaired) electrons. The summed E-state index contributed by atoms with van der Waals surface area (Å²) in [5.41, 5.74) is 0.331. The van der Waals surface area contributed by atoms with Crippen LogP contribution in [0.2, 0.25) is 5.02 Å². The molecule has 21 heavy (non-hydrogen) atoms. The van der Waals surface area contributed by atoms with Crippen LogP contribution in [0, 0.1) is 0 Å². The second-order valence-electron chi connectivity index (χ2n) is 4.76. The second-order valence-corrected chi connectivity index (χ2v) is 6.88. The zero-order valence-electron chi connectivity index (χ0n) is 11.6. The Balaban J connectivity index is 2.36. The molecule has 0 unspecified atom stereocenters. The van der Waals surface area contributed by atoms with Crippen molar-refractivity contribution in [1.29, 1.82) is 0 Å². The molecule has 1 aromatic rings. The molecule has 0 bridgehead atoms. The highest BCUT2D eigenvalue weighted by atomic mass is 35.5. The van der Waals surface area contributed by atoms with Gasteiger partial charge in [-0.2, -0.15) is 0 Å². The van der Waals surface area contributed by atoms with Crippen molar-refractivity contribution in [3.63, 3.8) is 0 Å². The first-order valence-electron chi connectivity index (χ1n) is 6.55. The van der Waals surface area contributed by atoms with Crippen LogP contribution in [-0.4, -0.2) is 39.9 Å². The van der Waals surface area contributed by atoms with Gasteiger partial charge in [0.2, 0.25) is 10.0 Å². The number of halogens is 1.